The zero-order chi connectivity index (χ0) is 14.6. The highest BCUT2D eigenvalue weighted by atomic mass is 127. The van der Waals surface area contributed by atoms with Crippen molar-refractivity contribution < 1.29 is 4.79 Å². The number of benzene rings is 1. The normalized spacial score (nSPS) is 11.9. The molecule has 0 spiro atoms. The molecule has 1 amide bonds. The van der Waals surface area contributed by atoms with Gasteiger partial charge in [-0.05, 0) is 53.1 Å². The highest BCUT2D eigenvalue weighted by Crippen LogP contribution is 2.20. The Labute approximate surface area is 145 Å². The van der Waals surface area contributed by atoms with Gasteiger partial charge in [0.15, 0.2) is 0 Å². The van der Waals surface area contributed by atoms with E-state index in [1.165, 1.54) is 0 Å². The summed E-state index contributed by atoms with van der Waals surface area (Å²) in [6.45, 7) is 4.83. The second-order valence-corrected chi connectivity index (χ2v) is 6.62. The highest BCUT2D eigenvalue weighted by molar-refractivity contribution is 14.1. The number of nitrogens with zero attached hydrogens (tertiary/aromatic N) is 1. The molecule has 0 heterocycles. The predicted molar refractivity (Wildman–Crippen MR) is 95.8 cm³/mol. The zero-order valence-corrected chi connectivity index (χ0v) is 15.6. The van der Waals surface area contributed by atoms with E-state index in [-0.39, 0.29) is 24.4 Å². The number of hydrogen-bond donors (Lipinski definition) is 1. The van der Waals surface area contributed by atoms with Crippen LogP contribution in [0.1, 0.15) is 30.6 Å². The summed E-state index contributed by atoms with van der Waals surface area (Å²) in [4.78, 5) is 13.9. The third kappa shape index (κ3) is 5.76. The summed E-state index contributed by atoms with van der Waals surface area (Å²) in [6.07, 6.45) is 0.804. The van der Waals surface area contributed by atoms with Crippen LogP contribution in [0.2, 0.25) is 5.02 Å². The number of nitrogens with two attached hydrogens (primary N) is 1. The van der Waals surface area contributed by atoms with E-state index >= 15 is 0 Å². The monoisotopic (exact) mass is 430 g/mol. The molecule has 20 heavy (non-hydrogen) atoms. The van der Waals surface area contributed by atoms with Crippen molar-refractivity contribution >= 4 is 52.5 Å². The van der Waals surface area contributed by atoms with E-state index in [1.807, 2.05) is 6.07 Å². The number of carbonyl (C=O) groups excluding carboxylic acids is 1. The Morgan fingerprint density at radius 3 is 2.55 bits per heavy atom. The number of hydrogen-bond acceptors (Lipinski definition) is 2. The van der Waals surface area contributed by atoms with Crippen LogP contribution in [-0.4, -0.2) is 30.4 Å². The van der Waals surface area contributed by atoms with Crippen LogP contribution in [0.15, 0.2) is 18.2 Å². The summed E-state index contributed by atoms with van der Waals surface area (Å²) in [5, 5.41) is 0.610. The van der Waals surface area contributed by atoms with Crippen molar-refractivity contribution in [2.24, 2.45) is 11.7 Å². The van der Waals surface area contributed by atoms with Crippen molar-refractivity contribution in [1.29, 1.82) is 0 Å². The van der Waals surface area contributed by atoms with Crippen molar-refractivity contribution in [1.82, 2.24) is 4.90 Å². The molecule has 0 aliphatic heterocycles. The molecule has 0 radical (unpaired) electrons. The van der Waals surface area contributed by atoms with E-state index < -0.39 is 0 Å². The Morgan fingerprint density at radius 2 is 2.05 bits per heavy atom. The summed E-state index contributed by atoms with van der Waals surface area (Å²) in [6, 6.07) is 5.49. The summed E-state index contributed by atoms with van der Waals surface area (Å²) in [5.74, 6) is 0.408. The van der Waals surface area contributed by atoms with Crippen LogP contribution >= 0.6 is 46.6 Å². The standard InChI is InChI=1S/C14H20ClIN2O.ClH/c1-9(2)13(17)6-7-18(3)14(19)10-4-5-12(16)11(15)8-10;/h4-5,8-9,13H,6-7,17H2,1-3H3;1H. The minimum atomic E-state index is -0.0192. The first-order chi connectivity index (χ1) is 8.82. The van der Waals surface area contributed by atoms with Crippen LogP contribution in [0.25, 0.3) is 0 Å². The van der Waals surface area contributed by atoms with E-state index in [4.69, 9.17) is 17.3 Å². The molecule has 1 aromatic rings. The maximum absolute atomic E-state index is 12.2. The number of rotatable bonds is 5. The molecule has 0 bridgehead atoms. The van der Waals surface area contributed by atoms with Gasteiger partial charge in [-0.25, -0.2) is 0 Å². The molecular weight excluding hydrogens is 410 g/mol. The Balaban J connectivity index is 0.00000361. The molecule has 114 valence electrons. The van der Waals surface area contributed by atoms with Crippen molar-refractivity contribution in [2.75, 3.05) is 13.6 Å². The van der Waals surface area contributed by atoms with Gasteiger partial charge in [0.05, 0.1) is 5.02 Å². The molecule has 1 aromatic carbocycles. The van der Waals surface area contributed by atoms with Gasteiger partial charge in [-0.2, -0.15) is 0 Å². The number of amides is 1. The Kier molecular flexibility index (Phi) is 9.06. The minimum absolute atomic E-state index is 0. The van der Waals surface area contributed by atoms with Crippen LogP contribution in [0, 0.1) is 9.49 Å². The second kappa shape index (κ2) is 9.07. The van der Waals surface area contributed by atoms with Crippen LogP contribution in [0.5, 0.6) is 0 Å². The molecule has 0 aliphatic rings. The molecule has 3 nitrogen and oxygen atoms in total. The zero-order valence-electron chi connectivity index (χ0n) is 11.9. The summed E-state index contributed by atoms with van der Waals surface area (Å²) in [7, 11) is 1.79. The molecule has 1 rings (SSSR count). The van der Waals surface area contributed by atoms with Gasteiger partial charge >= 0.3 is 0 Å². The van der Waals surface area contributed by atoms with Crippen molar-refractivity contribution in [3.05, 3.63) is 32.4 Å². The van der Waals surface area contributed by atoms with Gasteiger partial charge in [-0.15, -0.1) is 12.4 Å². The first kappa shape index (κ1) is 20.0. The fraction of sp³-hybridized carbons (Fsp3) is 0.500. The average molecular weight is 431 g/mol. The van der Waals surface area contributed by atoms with Crippen LogP contribution < -0.4 is 5.73 Å². The first-order valence-corrected chi connectivity index (χ1v) is 7.74. The van der Waals surface area contributed by atoms with Gasteiger partial charge in [0, 0.05) is 28.8 Å². The summed E-state index contributed by atoms with van der Waals surface area (Å²) in [5.41, 5.74) is 6.60. The minimum Gasteiger partial charge on any atom is -0.342 e. The van der Waals surface area contributed by atoms with Gasteiger partial charge in [-0.1, -0.05) is 25.4 Å². The lowest BCUT2D eigenvalue weighted by Crippen LogP contribution is -2.34. The molecule has 0 saturated heterocycles. The molecule has 0 aliphatic carbocycles. The quantitative estimate of drug-likeness (QED) is 0.722. The molecule has 2 N–H and O–H groups in total. The van der Waals surface area contributed by atoms with Gasteiger partial charge in [-0.3, -0.25) is 4.79 Å². The molecule has 0 fully saturated rings. The van der Waals surface area contributed by atoms with Crippen LogP contribution in [0.4, 0.5) is 0 Å². The molecular formula is C14H21Cl2IN2O. The van der Waals surface area contributed by atoms with Gasteiger partial charge in [0.1, 0.15) is 0 Å². The van der Waals surface area contributed by atoms with E-state index in [0.717, 1.165) is 9.99 Å². The molecule has 1 atom stereocenters. The van der Waals surface area contributed by atoms with Crippen LogP contribution in [0.3, 0.4) is 0 Å². The Hall–Kier alpha value is -0.0400. The largest absolute Gasteiger partial charge is 0.342 e. The third-order valence-corrected chi connectivity index (χ3v) is 4.74. The second-order valence-electron chi connectivity index (χ2n) is 5.05. The smallest absolute Gasteiger partial charge is 0.253 e. The molecule has 6 heteroatoms. The number of carbonyl (C=O) groups is 1. The van der Waals surface area contributed by atoms with Crippen molar-refractivity contribution in [2.45, 2.75) is 26.3 Å². The van der Waals surface area contributed by atoms with Crippen LogP contribution in [-0.2, 0) is 0 Å². The summed E-state index contributed by atoms with van der Waals surface area (Å²) >= 11 is 8.17. The third-order valence-electron chi connectivity index (χ3n) is 3.17. The van der Waals surface area contributed by atoms with Gasteiger partial charge in [0.25, 0.3) is 5.91 Å². The number of halogens is 3. The Morgan fingerprint density at radius 1 is 1.45 bits per heavy atom. The maximum atomic E-state index is 12.2. The van der Waals surface area contributed by atoms with E-state index in [9.17, 15) is 4.79 Å². The predicted octanol–water partition coefficient (Wildman–Crippen LogP) is 3.81. The fourth-order valence-electron chi connectivity index (χ4n) is 1.63. The lowest BCUT2D eigenvalue weighted by molar-refractivity contribution is 0.0789. The summed E-state index contributed by atoms with van der Waals surface area (Å²) < 4.78 is 0.945. The molecule has 0 saturated carbocycles. The Bertz CT molecular complexity index is 455. The molecule has 1 unspecified atom stereocenters. The molecule has 0 aromatic heterocycles. The van der Waals surface area contributed by atoms with E-state index in [2.05, 4.69) is 36.4 Å². The topological polar surface area (TPSA) is 46.3 Å². The van der Waals surface area contributed by atoms with E-state index in [1.54, 1.807) is 24.1 Å². The lowest BCUT2D eigenvalue weighted by Gasteiger charge is -2.21. The maximum Gasteiger partial charge on any atom is 0.253 e. The van der Waals surface area contributed by atoms with E-state index in [0.29, 0.717) is 23.0 Å². The van der Waals surface area contributed by atoms with Crippen molar-refractivity contribution in [3.8, 4) is 0 Å². The van der Waals surface area contributed by atoms with Gasteiger partial charge < -0.3 is 10.6 Å². The first-order valence-electron chi connectivity index (χ1n) is 6.29. The average Bonchev–Trinajstić information content (AvgIpc) is 2.37. The SMILES string of the molecule is CC(C)C(N)CCN(C)C(=O)c1ccc(I)c(Cl)c1.Cl. The lowest BCUT2D eigenvalue weighted by atomic mass is 10.0. The fourth-order valence-corrected chi connectivity index (χ4v) is 2.14. The van der Waals surface area contributed by atoms with Gasteiger partial charge in [0.2, 0.25) is 0 Å². The highest BCUT2D eigenvalue weighted by Gasteiger charge is 2.15. The van der Waals surface area contributed by atoms with Crippen molar-refractivity contribution in [3.63, 3.8) is 0 Å².